The highest BCUT2D eigenvalue weighted by atomic mass is 16.2. The molecule has 2 amide bonds. The molecule has 1 heterocycles. The van der Waals surface area contributed by atoms with Crippen LogP contribution in [-0.4, -0.2) is 47.8 Å². The number of hydrogen-bond donors (Lipinski definition) is 0. The molecule has 0 aromatic heterocycles. The third-order valence-electron chi connectivity index (χ3n) is 4.06. The fourth-order valence-electron chi connectivity index (χ4n) is 2.68. The van der Waals surface area contributed by atoms with Gasteiger partial charge in [-0.2, -0.15) is 5.26 Å². The van der Waals surface area contributed by atoms with E-state index in [9.17, 15) is 9.59 Å². The van der Waals surface area contributed by atoms with Crippen molar-refractivity contribution in [2.24, 2.45) is 0 Å². The molecule has 5 nitrogen and oxygen atoms in total. The van der Waals surface area contributed by atoms with E-state index in [1.165, 1.54) is 5.56 Å². The number of rotatable bonds is 4. The van der Waals surface area contributed by atoms with Crippen LogP contribution in [0.2, 0.25) is 0 Å². The van der Waals surface area contributed by atoms with E-state index in [1.807, 2.05) is 41.3 Å². The lowest BCUT2D eigenvalue weighted by Gasteiger charge is -2.35. The lowest BCUT2D eigenvalue weighted by atomic mass is 9.97. The van der Waals surface area contributed by atoms with E-state index >= 15 is 0 Å². The molecule has 5 heteroatoms. The number of carbonyl (C=O) groups is 2. The molecule has 0 bridgehead atoms. The molecule has 0 aliphatic carbocycles. The van der Waals surface area contributed by atoms with Gasteiger partial charge in [0.15, 0.2) is 0 Å². The number of piperazine rings is 1. The molecule has 0 unspecified atom stereocenters. The zero-order valence-electron chi connectivity index (χ0n) is 12.9. The highest BCUT2D eigenvalue weighted by molar-refractivity contribution is 5.80. The van der Waals surface area contributed by atoms with Crippen LogP contribution in [-0.2, 0) is 9.59 Å². The van der Waals surface area contributed by atoms with Gasteiger partial charge in [0.25, 0.3) is 0 Å². The van der Waals surface area contributed by atoms with E-state index in [0.29, 0.717) is 32.6 Å². The van der Waals surface area contributed by atoms with Crippen molar-refractivity contribution >= 4 is 11.8 Å². The van der Waals surface area contributed by atoms with Crippen molar-refractivity contribution in [1.82, 2.24) is 9.80 Å². The van der Waals surface area contributed by atoms with E-state index in [-0.39, 0.29) is 24.2 Å². The van der Waals surface area contributed by atoms with Crippen LogP contribution < -0.4 is 0 Å². The first-order valence-corrected chi connectivity index (χ1v) is 7.59. The Labute approximate surface area is 131 Å². The van der Waals surface area contributed by atoms with Crippen molar-refractivity contribution in [1.29, 1.82) is 5.26 Å². The van der Waals surface area contributed by atoms with E-state index in [2.05, 4.69) is 6.92 Å². The molecule has 1 fully saturated rings. The number of carbonyl (C=O) groups excluding carboxylic acids is 2. The third kappa shape index (κ3) is 4.08. The lowest BCUT2D eigenvalue weighted by Crippen LogP contribution is -2.50. The molecule has 1 aromatic rings. The molecule has 1 atom stereocenters. The molecule has 1 saturated heterocycles. The van der Waals surface area contributed by atoms with Crippen LogP contribution in [0, 0.1) is 11.3 Å². The van der Waals surface area contributed by atoms with Gasteiger partial charge in [0.1, 0.15) is 6.42 Å². The number of amides is 2. The SMILES string of the molecule is C[C@@H](CC(=O)N1CCN(C(=O)CC#N)CC1)c1ccccc1. The molecule has 0 saturated carbocycles. The summed E-state index contributed by atoms with van der Waals surface area (Å²) in [4.78, 5) is 27.5. The monoisotopic (exact) mass is 299 g/mol. The van der Waals surface area contributed by atoms with Gasteiger partial charge in [-0.3, -0.25) is 9.59 Å². The summed E-state index contributed by atoms with van der Waals surface area (Å²) in [6.07, 6.45) is 0.398. The summed E-state index contributed by atoms with van der Waals surface area (Å²) in [5.41, 5.74) is 1.17. The summed E-state index contributed by atoms with van der Waals surface area (Å²) >= 11 is 0. The van der Waals surface area contributed by atoms with Crippen LogP contribution in [0.5, 0.6) is 0 Å². The second-order valence-electron chi connectivity index (χ2n) is 5.61. The zero-order valence-corrected chi connectivity index (χ0v) is 12.9. The van der Waals surface area contributed by atoms with Crippen molar-refractivity contribution in [2.75, 3.05) is 26.2 Å². The highest BCUT2D eigenvalue weighted by Crippen LogP contribution is 2.20. The fraction of sp³-hybridized carbons (Fsp3) is 0.471. The van der Waals surface area contributed by atoms with Crippen molar-refractivity contribution in [3.63, 3.8) is 0 Å². The smallest absolute Gasteiger partial charge is 0.236 e. The Morgan fingerprint density at radius 2 is 1.64 bits per heavy atom. The van der Waals surface area contributed by atoms with Crippen molar-refractivity contribution in [2.45, 2.75) is 25.7 Å². The summed E-state index contributed by atoms with van der Waals surface area (Å²) < 4.78 is 0. The highest BCUT2D eigenvalue weighted by Gasteiger charge is 2.24. The molecule has 1 aliphatic heterocycles. The van der Waals surface area contributed by atoms with E-state index < -0.39 is 0 Å². The van der Waals surface area contributed by atoms with E-state index in [1.54, 1.807) is 4.90 Å². The second-order valence-corrected chi connectivity index (χ2v) is 5.61. The summed E-state index contributed by atoms with van der Waals surface area (Å²) in [5.74, 6) is 0.169. The van der Waals surface area contributed by atoms with Gasteiger partial charge in [-0.15, -0.1) is 0 Å². The fourth-order valence-corrected chi connectivity index (χ4v) is 2.68. The van der Waals surface area contributed by atoms with Crippen LogP contribution in [0.4, 0.5) is 0 Å². The predicted molar refractivity (Wildman–Crippen MR) is 82.9 cm³/mol. The molecule has 0 N–H and O–H groups in total. The van der Waals surface area contributed by atoms with Gasteiger partial charge in [0.05, 0.1) is 6.07 Å². The van der Waals surface area contributed by atoms with Gasteiger partial charge in [-0.25, -0.2) is 0 Å². The normalized spacial score (nSPS) is 16.0. The topological polar surface area (TPSA) is 64.4 Å². The summed E-state index contributed by atoms with van der Waals surface area (Å²) in [7, 11) is 0. The summed E-state index contributed by atoms with van der Waals surface area (Å²) in [5, 5.41) is 8.55. The van der Waals surface area contributed by atoms with Crippen LogP contribution in [0.3, 0.4) is 0 Å². The quantitative estimate of drug-likeness (QED) is 0.851. The van der Waals surface area contributed by atoms with Crippen LogP contribution in [0.15, 0.2) is 30.3 Å². The third-order valence-corrected chi connectivity index (χ3v) is 4.06. The minimum atomic E-state index is -0.146. The van der Waals surface area contributed by atoms with Crippen molar-refractivity contribution in [3.05, 3.63) is 35.9 Å². The molecule has 22 heavy (non-hydrogen) atoms. The molecule has 2 rings (SSSR count). The van der Waals surface area contributed by atoms with Crippen LogP contribution in [0.25, 0.3) is 0 Å². The minimum absolute atomic E-state index is 0.0843. The second kappa shape index (κ2) is 7.60. The summed E-state index contributed by atoms with van der Waals surface area (Å²) in [6.45, 7) is 4.20. The van der Waals surface area contributed by atoms with Gasteiger partial charge in [0.2, 0.25) is 11.8 Å². The Balaban J connectivity index is 1.83. The Morgan fingerprint density at radius 3 is 2.18 bits per heavy atom. The Hall–Kier alpha value is -2.35. The maximum Gasteiger partial charge on any atom is 0.236 e. The van der Waals surface area contributed by atoms with Gasteiger partial charge < -0.3 is 9.80 Å². The van der Waals surface area contributed by atoms with Crippen LogP contribution in [0.1, 0.15) is 31.2 Å². The summed E-state index contributed by atoms with van der Waals surface area (Å²) in [6, 6.07) is 11.9. The Kier molecular flexibility index (Phi) is 5.54. The molecule has 1 aliphatic rings. The maximum atomic E-state index is 12.4. The minimum Gasteiger partial charge on any atom is -0.339 e. The first kappa shape index (κ1) is 16.0. The molecule has 116 valence electrons. The van der Waals surface area contributed by atoms with Gasteiger partial charge >= 0.3 is 0 Å². The van der Waals surface area contributed by atoms with Gasteiger partial charge in [0, 0.05) is 32.6 Å². The zero-order chi connectivity index (χ0) is 15.9. The first-order chi connectivity index (χ1) is 10.6. The Morgan fingerprint density at radius 1 is 1.09 bits per heavy atom. The van der Waals surface area contributed by atoms with E-state index in [0.717, 1.165) is 0 Å². The van der Waals surface area contributed by atoms with E-state index in [4.69, 9.17) is 5.26 Å². The largest absolute Gasteiger partial charge is 0.339 e. The molecule has 0 spiro atoms. The van der Waals surface area contributed by atoms with Crippen molar-refractivity contribution in [3.8, 4) is 6.07 Å². The van der Waals surface area contributed by atoms with Gasteiger partial charge in [-0.1, -0.05) is 37.3 Å². The van der Waals surface area contributed by atoms with Gasteiger partial charge in [-0.05, 0) is 11.5 Å². The number of hydrogen-bond acceptors (Lipinski definition) is 3. The predicted octanol–water partition coefficient (Wildman–Crippen LogP) is 1.76. The molecular formula is C17H21N3O2. The molecule has 1 aromatic carbocycles. The maximum absolute atomic E-state index is 12.4. The Bertz CT molecular complexity index is 557. The number of benzene rings is 1. The average Bonchev–Trinajstić information content (AvgIpc) is 2.56. The molecular weight excluding hydrogens is 278 g/mol. The average molecular weight is 299 g/mol. The number of nitriles is 1. The first-order valence-electron chi connectivity index (χ1n) is 7.59. The number of nitrogens with zero attached hydrogens (tertiary/aromatic N) is 3. The van der Waals surface area contributed by atoms with Crippen LogP contribution >= 0.6 is 0 Å². The molecule has 0 radical (unpaired) electrons. The standard InChI is InChI=1S/C17H21N3O2/c1-14(15-5-3-2-4-6-15)13-17(22)20-11-9-19(10-12-20)16(21)7-8-18/h2-6,14H,7,9-13H2,1H3/t14-/m0/s1. The van der Waals surface area contributed by atoms with Crippen molar-refractivity contribution < 1.29 is 9.59 Å². The lowest BCUT2D eigenvalue weighted by molar-refractivity contribution is -0.139.